The van der Waals surface area contributed by atoms with Gasteiger partial charge in [-0.05, 0) is 31.0 Å². The molecule has 0 saturated heterocycles. The van der Waals surface area contributed by atoms with E-state index in [4.69, 9.17) is 0 Å². The summed E-state index contributed by atoms with van der Waals surface area (Å²) in [6.45, 7) is 4.83. The molecule has 1 amide bonds. The van der Waals surface area contributed by atoms with Gasteiger partial charge in [-0.15, -0.1) is 0 Å². The van der Waals surface area contributed by atoms with Crippen molar-refractivity contribution in [3.63, 3.8) is 0 Å². The third-order valence-electron chi connectivity index (χ3n) is 3.52. The molecule has 0 fully saturated rings. The first-order valence-electron chi connectivity index (χ1n) is 7.13. The summed E-state index contributed by atoms with van der Waals surface area (Å²) in [6.07, 6.45) is 2.94. The first-order chi connectivity index (χ1) is 10.0. The van der Waals surface area contributed by atoms with Gasteiger partial charge in [0.05, 0.1) is 5.69 Å². The number of carbonyl (C=O) groups excluding carboxylic acids is 1. The van der Waals surface area contributed by atoms with Crippen LogP contribution in [0.15, 0.2) is 24.4 Å². The minimum Gasteiger partial charge on any atom is -0.381 e. The summed E-state index contributed by atoms with van der Waals surface area (Å²) in [6, 6.07) is 5.67. The maximum atomic E-state index is 11.7. The molecule has 1 aromatic carbocycles. The third kappa shape index (κ3) is 3.42. The zero-order valence-corrected chi connectivity index (χ0v) is 13.0. The van der Waals surface area contributed by atoms with Crippen molar-refractivity contribution in [1.29, 1.82) is 0 Å². The van der Waals surface area contributed by atoms with Gasteiger partial charge in [0.2, 0.25) is 0 Å². The molecule has 0 aliphatic carbocycles. The van der Waals surface area contributed by atoms with Gasteiger partial charge in [-0.2, -0.15) is 5.10 Å². The Hall–Kier alpha value is -2.30. The minimum absolute atomic E-state index is 0.0753. The molecule has 0 bridgehead atoms. The van der Waals surface area contributed by atoms with Crippen LogP contribution in [0.5, 0.6) is 0 Å². The molecule has 0 aliphatic rings. The van der Waals surface area contributed by atoms with Gasteiger partial charge in [-0.1, -0.05) is 13.0 Å². The number of anilines is 1. The number of nitrogens with zero attached hydrogens (tertiary/aromatic N) is 2. The first-order valence-corrected chi connectivity index (χ1v) is 7.13. The number of aromatic nitrogens is 2. The molecule has 0 aliphatic heterocycles. The van der Waals surface area contributed by atoms with Crippen LogP contribution in [-0.2, 0) is 20.0 Å². The van der Waals surface area contributed by atoms with Crippen LogP contribution >= 0.6 is 0 Å². The van der Waals surface area contributed by atoms with Crippen molar-refractivity contribution in [1.82, 2.24) is 15.1 Å². The van der Waals surface area contributed by atoms with Gasteiger partial charge in [0, 0.05) is 43.7 Å². The summed E-state index contributed by atoms with van der Waals surface area (Å²) in [4.78, 5) is 11.7. The third-order valence-corrected chi connectivity index (χ3v) is 3.52. The van der Waals surface area contributed by atoms with Crippen LogP contribution in [0.3, 0.4) is 0 Å². The largest absolute Gasteiger partial charge is 0.381 e. The molecule has 1 aromatic heterocycles. The van der Waals surface area contributed by atoms with E-state index in [1.165, 1.54) is 5.56 Å². The number of nitrogens with one attached hydrogen (secondary N) is 2. The maximum Gasteiger partial charge on any atom is 0.251 e. The summed E-state index contributed by atoms with van der Waals surface area (Å²) in [5, 5.41) is 10.5. The van der Waals surface area contributed by atoms with E-state index in [0.29, 0.717) is 12.1 Å². The molecule has 21 heavy (non-hydrogen) atoms. The van der Waals surface area contributed by atoms with Crippen LogP contribution in [0.4, 0.5) is 5.69 Å². The normalized spacial score (nSPS) is 10.5. The van der Waals surface area contributed by atoms with Crippen molar-refractivity contribution in [2.45, 2.75) is 26.8 Å². The Labute approximate surface area is 125 Å². The van der Waals surface area contributed by atoms with Crippen LogP contribution in [0, 0.1) is 6.92 Å². The molecule has 2 aromatic rings. The summed E-state index contributed by atoms with van der Waals surface area (Å²) in [5.41, 5.74) is 5.04. The van der Waals surface area contributed by atoms with Gasteiger partial charge in [0.15, 0.2) is 0 Å². The Kier molecular flexibility index (Phi) is 4.62. The molecular weight excluding hydrogens is 264 g/mol. The Balaban J connectivity index is 2.17. The van der Waals surface area contributed by atoms with Crippen LogP contribution in [-0.4, -0.2) is 22.7 Å². The van der Waals surface area contributed by atoms with E-state index < -0.39 is 0 Å². The zero-order valence-electron chi connectivity index (χ0n) is 13.0. The van der Waals surface area contributed by atoms with Crippen LogP contribution in [0.2, 0.25) is 0 Å². The van der Waals surface area contributed by atoms with E-state index in [0.717, 1.165) is 23.4 Å². The second-order valence-electron chi connectivity index (χ2n) is 5.09. The van der Waals surface area contributed by atoms with Gasteiger partial charge in [-0.25, -0.2) is 0 Å². The van der Waals surface area contributed by atoms with Gasteiger partial charge in [-0.3, -0.25) is 9.48 Å². The molecule has 1 heterocycles. The first kappa shape index (κ1) is 15.1. The highest BCUT2D eigenvalue weighted by Crippen LogP contribution is 2.19. The van der Waals surface area contributed by atoms with Gasteiger partial charge in [0.25, 0.3) is 5.91 Å². The molecule has 0 unspecified atom stereocenters. The van der Waals surface area contributed by atoms with Crippen molar-refractivity contribution < 1.29 is 4.79 Å². The van der Waals surface area contributed by atoms with Gasteiger partial charge < -0.3 is 10.6 Å². The summed E-state index contributed by atoms with van der Waals surface area (Å²) >= 11 is 0. The van der Waals surface area contributed by atoms with Crippen molar-refractivity contribution in [2.75, 3.05) is 12.4 Å². The lowest BCUT2D eigenvalue weighted by atomic mass is 10.1. The summed E-state index contributed by atoms with van der Waals surface area (Å²) in [7, 11) is 3.57. The van der Waals surface area contributed by atoms with E-state index in [1.807, 2.05) is 43.0 Å². The molecule has 0 saturated carbocycles. The van der Waals surface area contributed by atoms with E-state index in [9.17, 15) is 4.79 Å². The molecule has 112 valence electrons. The van der Waals surface area contributed by atoms with Crippen LogP contribution in [0.1, 0.15) is 34.1 Å². The number of hydrogen-bond donors (Lipinski definition) is 2. The molecule has 2 rings (SSSR count). The highest BCUT2D eigenvalue weighted by Gasteiger charge is 2.09. The fourth-order valence-electron chi connectivity index (χ4n) is 2.32. The highest BCUT2D eigenvalue weighted by atomic mass is 16.1. The summed E-state index contributed by atoms with van der Waals surface area (Å²) in [5.74, 6) is -0.0753. The molecule has 2 N–H and O–H groups in total. The number of amides is 1. The number of carbonyl (C=O) groups is 1. The molecule has 0 radical (unpaired) electrons. The number of rotatable bonds is 5. The summed E-state index contributed by atoms with van der Waals surface area (Å²) < 4.78 is 1.84. The lowest BCUT2D eigenvalue weighted by Crippen LogP contribution is -2.18. The minimum atomic E-state index is -0.0753. The number of benzene rings is 1. The lowest BCUT2D eigenvalue weighted by Gasteiger charge is -2.11. The van der Waals surface area contributed by atoms with Crippen molar-refractivity contribution >= 4 is 11.6 Å². The second kappa shape index (κ2) is 6.43. The van der Waals surface area contributed by atoms with E-state index >= 15 is 0 Å². The second-order valence-corrected chi connectivity index (χ2v) is 5.09. The smallest absolute Gasteiger partial charge is 0.251 e. The molecular formula is C16H22N4O. The molecule has 5 heteroatoms. The number of aryl methyl sites for hydroxylation is 3. The SMILES string of the molecule is CCc1nn(C)cc1CNc1cc(C(=O)NC)ccc1C. The predicted octanol–water partition coefficient (Wildman–Crippen LogP) is 2.26. The van der Waals surface area contributed by atoms with Gasteiger partial charge >= 0.3 is 0 Å². The fourth-order valence-corrected chi connectivity index (χ4v) is 2.32. The predicted molar refractivity (Wildman–Crippen MR) is 84.5 cm³/mol. The van der Waals surface area contributed by atoms with E-state index in [-0.39, 0.29) is 5.91 Å². The fraction of sp³-hybridized carbons (Fsp3) is 0.375. The standard InChI is InChI=1S/C16H22N4O/c1-5-14-13(10-20(4)19-14)9-18-15-8-12(16(21)17-3)7-6-11(15)2/h6-8,10,18H,5,9H2,1-4H3,(H,17,21). The topological polar surface area (TPSA) is 59.0 Å². The Morgan fingerprint density at radius 1 is 1.38 bits per heavy atom. The average molecular weight is 286 g/mol. The average Bonchev–Trinajstić information content (AvgIpc) is 2.85. The van der Waals surface area contributed by atoms with Gasteiger partial charge in [0.1, 0.15) is 0 Å². The molecule has 0 spiro atoms. The monoisotopic (exact) mass is 286 g/mol. The van der Waals surface area contributed by atoms with E-state index in [1.54, 1.807) is 7.05 Å². The van der Waals surface area contributed by atoms with Crippen LogP contribution < -0.4 is 10.6 Å². The van der Waals surface area contributed by atoms with Crippen molar-refractivity contribution in [2.24, 2.45) is 7.05 Å². The number of hydrogen-bond acceptors (Lipinski definition) is 3. The van der Waals surface area contributed by atoms with Crippen LogP contribution in [0.25, 0.3) is 0 Å². The Morgan fingerprint density at radius 3 is 2.81 bits per heavy atom. The van der Waals surface area contributed by atoms with Crippen molar-refractivity contribution in [3.8, 4) is 0 Å². The maximum absolute atomic E-state index is 11.7. The Bertz CT molecular complexity index is 646. The van der Waals surface area contributed by atoms with Crippen molar-refractivity contribution in [3.05, 3.63) is 46.8 Å². The zero-order chi connectivity index (χ0) is 15.4. The molecule has 0 atom stereocenters. The quantitative estimate of drug-likeness (QED) is 0.886. The highest BCUT2D eigenvalue weighted by molar-refractivity contribution is 5.95. The molecule has 5 nitrogen and oxygen atoms in total. The van der Waals surface area contributed by atoms with E-state index in [2.05, 4.69) is 22.7 Å². The Morgan fingerprint density at radius 2 is 2.14 bits per heavy atom. The lowest BCUT2D eigenvalue weighted by molar-refractivity contribution is 0.0963.